The van der Waals surface area contributed by atoms with Gasteiger partial charge >= 0.3 is 11.9 Å². The number of carbonyl (C=O) groups is 2. The molecular formula is C23H19N3O4. The van der Waals surface area contributed by atoms with Crippen LogP contribution < -0.4 is 5.43 Å². The van der Waals surface area contributed by atoms with Gasteiger partial charge in [0.2, 0.25) is 0 Å². The summed E-state index contributed by atoms with van der Waals surface area (Å²) in [5.41, 5.74) is 6.31. The molecule has 2 aromatic carbocycles. The third-order valence-corrected chi connectivity index (χ3v) is 4.86. The van der Waals surface area contributed by atoms with Gasteiger partial charge in [0, 0.05) is 22.3 Å². The number of carboxylic acids is 1. The van der Waals surface area contributed by atoms with E-state index < -0.39 is 11.9 Å². The highest BCUT2D eigenvalue weighted by Crippen LogP contribution is 2.23. The summed E-state index contributed by atoms with van der Waals surface area (Å²) in [4.78, 5) is 23.9. The lowest BCUT2D eigenvalue weighted by Gasteiger charge is -2.12. The Bertz CT molecular complexity index is 1260. The topological polar surface area (TPSA) is 96.8 Å². The van der Waals surface area contributed by atoms with E-state index in [4.69, 9.17) is 4.42 Å². The number of carbonyl (C=O) groups excluding carboxylic acids is 1. The fourth-order valence-electron chi connectivity index (χ4n) is 3.45. The molecule has 0 radical (unpaired) electrons. The summed E-state index contributed by atoms with van der Waals surface area (Å²) in [6, 6.07) is 17.7. The standard InChI is InChI=1S/C23H19N3O4/c1-14-11-17(15(2)26(14)19-9-5-4-8-18(19)23(28)29)13-24-25-22(27)21-12-16-7-3-6-10-20(16)30-21/h3-13H,1-2H3,(H,25,27)(H,28,29)/b24-13+. The average Bonchev–Trinajstić information content (AvgIpc) is 3.29. The minimum absolute atomic E-state index is 0.175. The van der Waals surface area contributed by atoms with Crippen molar-refractivity contribution in [2.75, 3.05) is 0 Å². The van der Waals surface area contributed by atoms with Crippen LogP contribution in [0.3, 0.4) is 0 Å². The molecule has 7 nitrogen and oxygen atoms in total. The predicted octanol–water partition coefficient (Wildman–Crippen LogP) is 4.30. The number of nitrogens with zero attached hydrogens (tertiary/aromatic N) is 2. The van der Waals surface area contributed by atoms with Crippen molar-refractivity contribution in [3.8, 4) is 5.69 Å². The number of amides is 1. The smallest absolute Gasteiger partial charge is 0.337 e. The van der Waals surface area contributed by atoms with Gasteiger partial charge in [0.05, 0.1) is 17.5 Å². The number of fused-ring (bicyclic) bond motifs is 1. The van der Waals surface area contributed by atoms with Crippen molar-refractivity contribution < 1.29 is 19.1 Å². The first-order chi connectivity index (χ1) is 14.5. The third-order valence-electron chi connectivity index (χ3n) is 4.86. The Morgan fingerprint density at radius 1 is 1.07 bits per heavy atom. The number of carboxylic acid groups (broad SMARTS) is 1. The van der Waals surface area contributed by atoms with E-state index >= 15 is 0 Å². The molecule has 0 aliphatic rings. The molecule has 0 atom stereocenters. The summed E-state index contributed by atoms with van der Waals surface area (Å²) in [5.74, 6) is -1.27. The highest BCUT2D eigenvalue weighted by atomic mass is 16.4. The summed E-state index contributed by atoms with van der Waals surface area (Å²) in [7, 11) is 0. The first-order valence-electron chi connectivity index (χ1n) is 9.29. The SMILES string of the molecule is Cc1cc(/C=N/NC(=O)c2cc3ccccc3o2)c(C)n1-c1ccccc1C(=O)O. The number of aromatic nitrogens is 1. The number of nitrogens with one attached hydrogen (secondary N) is 1. The summed E-state index contributed by atoms with van der Waals surface area (Å²) < 4.78 is 7.38. The Kier molecular flexibility index (Phi) is 4.93. The summed E-state index contributed by atoms with van der Waals surface area (Å²) in [5, 5.41) is 14.4. The van der Waals surface area contributed by atoms with Crippen molar-refractivity contribution in [2.45, 2.75) is 13.8 Å². The third kappa shape index (κ3) is 3.48. The van der Waals surface area contributed by atoms with Gasteiger partial charge in [-0.25, -0.2) is 10.2 Å². The van der Waals surface area contributed by atoms with Crippen LogP contribution in [-0.4, -0.2) is 27.8 Å². The number of hydrazone groups is 1. The van der Waals surface area contributed by atoms with E-state index in [0.29, 0.717) is 11.3 Å². The number of aromatic carboxylic acids is 1. The zero-order chi connectivity index (χ0) is 21.3. The fraction of sp³-hybridized carbons (Fsp3) is 0.0870. The molecule has 0 spiro atoms. The number of aryl methyl sites for hydroxylation is 1. The van der Waals surface area contributed by atoms with E-state index in [1.807, 2.05) is 42.7 Å². The van der Waals surface area contributed by atoms with Crippen molar-refractivity contribution >= 4 is 29.1 Å². The number of hydrogen-bond acceptors (Lipinski definition) is 4. The van der Waals surface area contributed by atoms with Crippen LogP contribution in [0.25, 0.3) is 16.7 Å². The van der Waals surface area contributed by atoms with Gasteiger partial charge in [-0.3, -0.25) is 4.79 Å². The molecule has 2 aromatic heterocycles. The monoisotopic (exact) mass is 401 g/mol. The molecule has 0 fully saturated rings. The minimum atomic E-state index is -0.994. The number of para-hydroxylation sites is 2. The van der Waals surface area contributed by atoms with Gasteiger partial charge in [-0.2, -0.15) is 5.10 Å². The van der Waals surface area contributed by atoms with Crippen molar-refractivity contribution in [3.05, 3.63) is 88.9 Å². The largest absolute Gasteiger partial charge is 0.478 e. The van der Waals surface area contributed by atoms with E-state index in [1.165, 1.54) is 6.21 Å². The summed E-state index contributed by atoms with van der Waals surface area (Å²) in [6.07, 6.45) is 1.53. The normalized spacial score (nSPS) is 11.3. The first kappa shape index (κ1) is 19.2. The van der Waals surface area contributed by atoms with Crippen LogP contribution in [0.4, 0.5) is 0 Å². The van der Waals surface area contributed by atoms with Crippen LogP contribution in [0.2, 0.25) is 0 Å². The second-order valence-electron chi connectivity index (χ2n) is 6.83. The van der Waals surface area contributed by atoms with Gasteiger partial charge in [0.15, 0.2) is 5.76 Å². The molecular weight excluding hydrogens is 382 g/mol. The lowest BCUT2D eigenvalue weighted by molar-refractivity contribution is 0.0696. The first-order valence-corrected chi connectivity index (χ1v) is 9.29. The quantitative estimate of drug-likeness (QED) is 0.385. The molecule has 150 valence electrons. The Hall–Kier alpha value is -4.13. The number of benzene rings is 2. The van der Waals surface area contributed by atoms with Crippen LogP contribution in [0, 0.1) is 13.8 Å². The zero-order valence-electron chi connectivity index (χ0n) is 16.4. The molecule has 7 heteroatoms. The van der Waals surface area contributed by atoms with E-state index in [2.05, 4.69) is 10.5 Å². The molecule has 1 amide bonds. The van der Waals surface area contributed by atoms with Crippen molar-refractivity contribution in [3.63, 3.8) is 0 Å². The molecule has 0 aliphatic heterocycles. The zero-order valence-corrected chi connectivity index (χ0v) is 16.4. The lowest BCUT2D eigenvalue weighted by Crippen LogP contribution is -2.16. The Morgan fingerprint density at radius 2 is 1.80 bits per heavy atom. The van der Waals surface area contributed by atoms with Crippen molar-refractivity contribution in [1.82, 2.24) is 9.99 Å². The van der Waals surface area contributed by atoms with Gasteiger partial charge in [-0.05, 0) is 44.2 Å². The Balaban J connectivity index is 1.57. The highest BCUT2D eigenvalue weighted by molar-refractivity contribution is 5.96. The molecule has 4 rings (SSSR count). The molecule has 0 saturated carbocycles. The summed E-state index contributed by atoms with van der Waals surface area (Å²) in [6.45, 7) is 3.75. The van der Waals surface area contributed by atoms with E-state index in [1.54, 1.807) is 36.4 Å². The maximum atomic E-state index is 12.3. The second-order valence-corrected chi connectivity index (χ2v) is 6.83. The maximum Gasteiger partial charge on any atom is 0.337 e. The van der Waals surface area contributed by atoms with Crippen LogP contribution >= 0.6 is 0 Å². The minimum Gasteiger partial charge on any atom is -0.478 e. The molecule has 0 unspecified atom stereocenters. The van der Waals surface area contributed by atoms with Gasteiger partial charge in [0.25, 0.3) is 0 Å². The number of rotatable bonds is 5. The van der Waals surface area contributed by atoms with E-state index in [0.717, 1.165) is 22.3 Å². The van der Waals surface area contributed by atoms with E-state index in [-0.39, 0.29) is 11.3 Å². The number of hydrogen-bond donors (Lipinski definition) is 2. The summed E-state index contributed by atoms with van der Waals surface area (Å²) >= 11 is 0. The lowest BCUT2D eigenvalue weighted by atomic mass is 10.1. The van der Waals surface area contributed by atoms with Crippen LogP contribution in [-0.2, 0) is 0 Å². The molecule has 0 saturated heterocycles. The van der Waals surface area contributed by atoms with Gasteiger partial charge < -0.3 is 14.1 Å². The predicted molar refractivity (Wildman–Crippen MR) is 113 cm³/mol. The Morgan fingerprint density at radius 3 is 2.57 bits per heavy atom. The van der Waals surface area contributed by atoms with E-state index in [9.17, 15) is 14.7 Å². The Labute approximate surface area is 172 Å². The van der Waals surface area contributed by atoms with Crippen LogP contribution in [0.5, 0.6) is 0 Å². The van der Waals surface area contributed by atoms with Gasteiger partial charge in [-0.1, -0.05) is 30.3 Å². The molecule has 2 N–H and O–H groups in total. The molecule has 2 heterocycles. The molecule has 0 bridgehead atoms. The molecule has 4 aromatic rings. The van der Waals surface area contributed by atoms with Crippen LogP contribution in [0.1, 0.15) is 37.9 Å². The maximum absolute atomic E-state index is 12.3. The molecule has 30 heavy (non-hydrogen) atoms. The average molecular weight is 401 g/mol. The van der Waals surface area contributed by atoms with Gasteiger partial charge in [0.1, 0.15) is 5.58 Å². The van der Waals surface area contributed by atoms with Gasteiger partial charge in [-0.15, -0.1) is 0 Å². The second kappa shape index (κ2) is 7.71. The van der Waals surface area contributed by atoms with Crippen molar-refractivity contribution in [1.29, 1.82) is 0 Å². The molecule has 0 aliphatic carbocycles. The van der Waals surface area contributed by atoms with Crippen LogP contribution in [0.15, 0.2) is 70.2 Å². The number of furan rings is 1. The fourth-order valence-corrected chi connectivity index (χ4v) is 3.45. The highest BCUT2D eigenvalue weighted by Gasteiger charge is 2.16. The van der Waals surface area contributed by atoms with Crippen molar-refractivity contribution in [2.24, 2.45) is 5.10 Å².